The first kappa shape index (κ1) is 13.6. The molecule has 3 heteroatoms. The highest BCUT2D eigenvalue weighted by Gasteiger charge is 2.55. The molecule has 1 saturated carbocycles. The van der Waals surface area contributed by atoms with E-state index in [1.807, 2.05) is 0 Å². The smallest absolute Gasteiger partial charge is 0.238 e. The van der Waals surface area contributed by atoms with E-state index in [2.05, 4.69) is 43.4 Å². The van der Waals surface area contributed by atoms with Gasteiger partial charge in [0.25, 0.3) is 0 Å². The van der Waals surface area contributed by atoms with Crippen LogP contribution in [0.5, 0.6) is 0 Å². The molecule has 0 heterocycles. The number of carbonyl (C=O) groups excluding carboxylic acids is 1. The van der Waals surface area contributed by atoms with Crippen LogP contribution in [0, 0.1) is 11.8 Å². The minimum Gasteiger partial charge on any atom is -0.368 e. The number of carbonyl (C=O) groups is 1. The molecule has 2 aliphatic rings. The van der Waals surface area contributed by atoms with Gasteiger partial charge in [-0.2, -0.15) is 0 Å². The van der Waals surface area contributed by atoms with Gasteiger partial charge >= 0.3 is 0 Å². The standard InChI is InChI=1S/C17H24N2O/c1-11(2)19-17(16(18)20)14-7-8-15(17)10-13-6-4-3-5-12(13)9-14/h3-6,11,14-15,19H,7-10H2,1-2H3,(H2,18,20). The van der Waals surface area contributed by atoms with E-state index < -0.39 is 5.54 Å². The third kappa shape index (κ3) is 1.96. The van der Waals surface area contributed by atoms with Crippen LogP contribution in [0.4, 0.5) is 0 Å². The van der Waals surface area contributed by atoms with E-state index >= 15 is 0 Å². The van der Waals surface area contributed by atoms with Crippen LogP contribution in [0.3, 0.4) is 0 Å². The highest BCUT2D eigenvalue weighted by atomic mass is 16.1. The predicted molar refractivity (Wildman–Crippen MR) is 80.3 cm³/mol. The summed E-state index contributed by atoms with van der Waals surface area (Å²) in [4.78, 5) is 12.3. The molecular weight excluding hydrogens is 248 g/mol. The van der Waals surface area contributed by atoms with E-state index in [0.29, 0.717) is 11.8 Å². The molecule has 0 aliphatic heterocycles. The van der Waals surface area contributed by atoms with Crippen LogP contribution >= 0.6 is 0 Å². The summed E-state index contributed by atoms with van der Waals surface area (Å²) >= 11 is 0. The van der Waals surface area contributed by atoms with E-state index in [1.54, 1.807) is 0 Å². The molecule has 2 atom stereocenters. The first-order valence-corrected chi connectivity index (χ1v) is 7.68. The second-order valence-electron chi connectivity index (χ2n) is 6.68. The van der Waals surface area contributed by atoms with Crippen molar-refractivity contribution in [3.05, 3.63) is 35.4 Å². The number of nitrogens with one attached hydrogen (secondary N) is 1. The lowest BCUT2D eigenvalue weighted by Gasteiger charge is -2.39. The highest BCUT2D eigenvalue weighted by Crippen LogP contribution is 2.47. The van der Waals surface area contributed by atoms with Gasteiger partial charge in [0.15, 0.2) is 0 Å². The number of benzene rings is 1. The van der Waals surface area contributed by atoms with Crippen molar-refractivity contribution in [3.63, 3.8) is 0 Å². The average molecular weight is 272 g/mol. The lowest BCUT2D eigenvalue weighted by molar-refractivity contribution is -0.128. The molecule has 1 amide bonds. The van der Waals surface area contributed by atoms with Crippen molar-refractivity contribution in [1.82, 2.24) is 5.32 Å². The zero-order valence-electron chi connectivity index (χ0n) is 12.4. The zero-order chi connectivity index (χ0) is 14.3. The largest absolute Gasteiger partial charge is 0.368 e. The summed E-state index contributed by atoms with van der Waals surface area (Å²) in [6.45, 7) is 4.20. The Morgan fingerprint density at radius 3 is 2.10 bits per heavy atom. The molecular formula is C17H24N2O. The van der Waals surface area contributed by atoms with Crippen LogP contribution in [0.25, 0.3) is 0 Å². The molecule has 2 aliphatic carbocycles. The fraction of sp³-hybridized carbons (Fsp3) is 0.588. The summed E-state index contributed by atoms with van der Waals surface area (Å²) in [5, 5.41) is 3.56. The number of fused-ring (bicyclic) bond motifs is 3. The van der Waals surface area contributed by atoms with E-state index in [1.165, 1.54) is 11.1 Å². The Labute approximate surface area is 120 Å². The number of hydrogen-bond acceptors (Lipinski definition) is 2. The molecule has 2 unspecified atom stereocenters. The molecule has 108 valence electrons. The van der Waals surface area contributed by atoms with E-state index in [0.717, 1.165) is 25.7 Å². The van der Waals surface area contributed by atoms with Crippen molar-refractivity contribution >= 4 is 5.91 Å². The van der Waals surface area contributed by atoms with Crippen LogP contribution in [0.1, 0.15) is 37.8 Å². The molecule has 0 saturated heterocycles. The number of nitrogens with two attached hydrogens (primary N) is 1. The third-order valence-corrected chi connectivity index (χ3v) is 5.14. The van der Waals surface area contributed by atoms with Gasteiger partial charge < -0.3 is 11.1 Å². The topological polar surface area (TPSA) is 55.1 Å². The van der Waals surface area contributed by atoms with E-state index in [-0.39, 0.29) is 11.9 Å². The summed E-state index contributed by atoms with van der Waals surface area (Å²) in [6.07, 6.45) is 4.13. The first-order chi connectivity index (χ1) is 9.54. The summed E-state index contributed by atoms with van der Waals surface area (Å²) in [5.74, 6) is 0.499. The summed E-state index contributed by atoms with van der Waals surface area (Å²) in [7, 11) is 0. The molecule has 1 aromatic carbocycles. The van der Waals surface area contributed by atoms with Crippen molar-refractivity contribution in [1.29, 1.82) is 0 Å². The monoisotopic (exact) mass is 272 g/mol. The summed E-state index contributed by atoms with van der Waals surface area (Å²) in [6, 6.07) is 8.87. The Hall–Kier alpha value is -1.35. The van der Waals surface area contributed by atoms with Gasteiger partial charge in [-0.05, 0) is 62.5 Å². The minimum absolute atomic E-state index is 0.161. The van der Waals surface area contributed by atoms with Crippen LogP contribution in [-0.2, 0) is 17.6 Å². The third-order valence-electron chi connectivity index (χ3n) is 5.14. The van der Waals surface area contributed by atoms with Crippen molar-refractivity contribution < 1.29 is 4.79 Å². The van der Waals surface area contributed by atoms with Crippen LogP contribution in [0.2, 0.25) is 0 Å². The number of amides is 1. The van der Waals surface area contributed by atoms with Gasteiger partial charge in [0.05, 0.1) is 0 Å². The Morgan fingerprint density at radius 1 is 1.20 bits per heavy atom. The van der Waals surface area contributed by atoms with Crippen molar-refractivity contribution in [3.8, 4) is 0 Å². The Bertz CT molecular complexity index is 490. The van der Waals surface area contributed by atoms with Gasteiger partial charge in [0, 0.05) is 6.04 Å². The van der Waals surface area contributed by atoms with Gasteiger partial charge in [-0.1, -0.05) is 24.3 Å². The van der Waals surface area contributed by atoms with Gasteiger partial charge in [-0.15, -0.1) is 0 Å². The quantitative estimate of drug-likeness (QED) is 0.884. The van der Waals surface area contributed by atoms with Crippen LogP contribution in [-0.4, -0.2) is 17.5 Å². The molecule has 0 aromatic heterocycles. The van der Waals surface area contributed by atoms with E-state index in [4.69, 9.17) is 5.73 Å². The molecule has 20 heavy (non-hydrogen) atoms. The summed E-state index contributed by atoms with van der Waals surface area (Å²) < 4.78 is 0. The molecule has 0 spiro atoms. The fourth-order valence-electron chi connectivity index (χ4n) is 4.39. The molecule has 0 radical (unpaired) electrons. The molecule has 1 aromatic rings. The van der Waals surface area contributed by atoms with Crippen molar-refractivity contribution in [2.24, 2.45) is 17.6 Å². The predicted octanol–water partition coefficient (Wildman–Crippen LogP) is 2.03. The Morgan fingerprint density at radius 2 is 1.70 bits per heavy atom. The lowest BCUT2D eigenvalue weighted by Crippen LogP contribution is -2.63. The maximum atomic E-state index is 12.3. The number of hydrogen-bond donors (Lipinski definition) is 2. The van der Waals surface area contributed by atoms with E-state index in [9.17, 15) is 4.79 Å². The Balaban J connectivity index is 2.04. The minimum atomic E-state index is -0.521. The van der Waals surface area contributed by atoms with Gasteiger partial charge in [0.1, 0.15) is 5.54 Å². The van der Waals surface area contributed by atoms with Crippen molar-refractivity contribution in [2.75, 3.05) is 0 Å². The Kier molecular flexibility index (Phi) is 3.33. The molecule has 3 rings (SSSR count). The first-order valence-electron chi connectivity index (χ1n) is 7.68. The maximum Gasteiger partial charge on any atom is 0.238 e. The molecule has 3 nitrogen and oxygen atoms in total. The maximum absolute atomic E-state index is 12.3. The highest BCUT2D eigenvalue weighted by molar-refractivity contribution is 5.86. The molecule has 2 bridgehead atoms. The van der Waals surface area contributed by atoms with Gasteiger partial charge in [0.2, 0.25) is 5.91 Å². The normalized spacial score (nSPS) is 31.9. The second kappa shape index (κ2) is 4.88. The van der Waals surface area contributed by atoms with Crippen LogP contribution in [0.15, 0.2) is 24.3 Å². The van der Waals surface area contributed by atoms with Crippen molar-refractivity contribution in [2.45, 2.75) is 51.1 Å². The fourth-order valence-corrected chi connectivity index (χ4v) is 4.39. The van der Waals surface area contributed by atoms with Crippen LogP contribution < -0.4 is 11.1 Å². The average Bonchev–Trinajstić information content (AvgIpc) is 2.62. The SMILES string of the molecule is CC(C)NC1(C(N)=O)C2CCC1Cc1ccccc1C2. The summed E-state index contributed by atoms with van der Waals surface area (Å²) in [5.41, 5.74) is 8.15. The van der Waals surface area contributed by atoms with Gasteiger partial charge in [-0.3, -0.25) is 4.79 Å². The van der Waals surface area contributed by atoms with Gasteiger partial charge in [-0.25, -0.2) is 0 Å². The number of primary amides is 1. The number of rotatable bonds is 3. The second-order valence-corrected chi connectivity index (χ2v) is 6.68. The molecule has 1 fully saturated rings. The zero-order valence-corrected chi connectivity index (χ0v) is 12.4. The lowest BCUT2D eigenvalue weighted by atomic mass is 9.77. The molecule has 3 N–H and O–H groups in total.